The molecule has 1 atom stereocenters. The lowest BCUT2D eigenvalue weighted by atomic mass is 9.83. The van der Waals surface area contributed by atoms with E-state index in [1.165, 1.54) is 12.4 Å². The van der Waals surface area contributed by atoms with Gasteiger partial charge in [-0.25, -0.2) is 9.37 Å². The van der Waals surface area contributed by atoms with Gasteiger partial charge in [0.25, 0.3) is 0 Å². The van der Waals surface area contributed by atoms with E-state index in [-0.39, 0.29) is 18.5 Å². The van der Waals surface area contributed by atoms with E-state index in [0.717, 1.165) is 25.7 Å². The van der Waals surface area contributed by atoms with Crippen LogP contribution in [0.15, 0.2) is 24.5 Å². The number of pyridine rings is 1. The zero-order valence-electron chi connectivity index (χ0n) is 21.0. The van der Waals surface area contributed by atoms with Gasteiger partial charge in [0.15, 0.2) is 0 Å². The van der Waals surface area contributed by atoms with Crippen LogP contribution in [0.1, 0.15) is 45.4 Å². The average molecular weight is 499 g/mol. The molecule has 9 nitrogen and oxygen atoms in total. The molecule has 2 N–H and O–H groups in total. The number of anilines is 1. The Morgan fingerprint density at radius 3 is 2.67 bits per heavy atom. The van der Waals surface area contributed by atoms with Crippen molar-refractivity contribution >= 4 is 5.82 Å². The Kier molecular flexibility index (Phi) is 9.02. The summed E-state index contributed by atoms with van der Waals surface area (Å²) in [5.74, 6) is 0.436. The molecule has 0 unspecified atom stereocenters. The molecule has 4 rings (SSSR count). The Labute approximate surface area is 211 Å². The third kappa shape index (κ3) is 6.87. The quantitative estimate of drug-likeness (QED) is 0.506. The molecular weight excluding hydrogens is 463 g/mol. The van der Waals surface area contributed by atoms with Crippen LogP contribution in [0.4, 0.5) is 10.2 Å². The SMILES string of the molecule is COC[C@H](C)NC1CCC(Nc2cc(-c3cnnc(OCC4(C#N)CCOCC4)c3)c(F)cn2)CC1. The Balaban J connectivity index is 1.37. The predicted octanol–water partition coefficient (Wildman–Crippen LogP) is 3.72. The normalized spacial score (nSPS) is 22.4. The minimum atomic E-state index is -0.606. The summed E-state index contributed by atoms with van der Waals surface area (Å²) in [6.45, 7) is 4.09. The van der Waals surface area contributed by atoms with Gasteiger partial charge < -0.3 is 24.8 Å². The van der Waals surface area contributed by atoms with E-state index < -0.39 is 11.2 Å². The number of nitrogens with zero attached hydrogens (tertiary/aromatic N) is 4. The Bertz CT molecular complexity index is 1030. The van der Waals surface area contributed by atoms with E-state index in [4.69, 9.17) is 14.2 Å². The van der Waals surface area contributed by atoms with Gasteiger partial charge in [0.05, 0.1) is 30.5 Å². The summed E-state index contributed by atoms with van der Waals surface area (Å²) >= 11 is 0. The number of nitrogens with one attached hydrogen (secondary N) is 2. The predicted molar refractivity (Wildman–Crippen MR) is 133 cm³/mol. The van der Waals surface area contributed by atoms with E-state index >= 15 is 0 Å². The van der Waals surface area contributed by atoms with Gasteiger partial charge in [0.2, 0.25) is 5.88 Å². The fraction of sp³-hybridized carbons (Fsp3) is 0.615. The van der Waals surface area contributed by atoms with Crippen LogP contribution in [0.25, 0.3) is 11.1 Å². The molecule has 2 aliphatic rings. The molecule has 0 spiro atoms. The monoisotopic (exact) mass is 498 g/mol. The van der Waals surface area contributed by atoms with Crippen LogP contribution in [-0.4, -0.2) is 66.8 Å². The van der Waals surface area contributed by atoms with Crippen molar-refractivity contribution in [1.29, 1.82) is 5.26 Å². The maximum absolute atomic E-state index is 14.7. The summed E-state index contributed by atoms with van der Waals surface area (Å²) in [7, 11) is 1.72. The molecule has 10 heteroatoms. The molecule has 1 saturated carbocycles. The second kappa shape index (κ2) is 12.4. The van der Waals surface area contributed by atoms with Crippen LogP contribution >= 0.6 is 0 Å². The molecule has 1 aliphatic carbocycles. The average Bonchev–Trinajstić information content (AvgIpc) is 2.90. The molecule has 0 radical (unpaired) electrons. The summed E-state index contributed by atoms with van der Waals surface area (Å²) in [6, 6.07) is 6.81. The van der Waals surface area contributed by atoms with E-state index in [9.17, 15) is 9.65 Å². The summed E-state index contributed by atoms with van der Waals surface area (Å²) in [6.07, 6.45) is 8.07. The van der Waals surface area contributed by atoms with Crippen LogP contribution in [0.2, 0.25) is 0 Å². The van der Waals surface area contributed by atoms with Crippen LogP contribution in [0, 0.1) is 22.6 Å². The number of methoxy groups -OCH3 is 1. The molecule has 1 aliphatic heterocycles. The maximum Gasteiger partial charge on any atom is 0.234 e. The lowest BCUT2D eigenvalue weighted by Crippen LogP contribution is -2.42. The third-order valence-corrected chi connectivity index (χ3v) is 7.00. The Hall–Kier alpha value is -2.87. The smallest absolute Gasteiger partial charge is 0.234 e. The van der Waals surface area contributed by atoms with Gasteiger partial charge in [0.1, 0.15) is 18.2 Å². The van der Waals surface area contributed by atoms with Gasteiger partial charge >= 0.3 is 0 Å². The summed E-state index contributed by atoms with van der Waals surface area (Å²) < 4.78 is 31.1. The topological polar surface area (TPSA) is 114 Å². The highest BCUT2D eigenvalue weighted by Gasteiger charge is 2.34. The molecule has 0 bridgehead atoms. The molecule has 2 fully saturated rings. The van der Waals surface area contributed by atoms with Crippen molar-refractivity contribution in [2.75, 3.05) is 38.9 Å². The van der Waals surface area contributed by atoms with E-state index in [2.05, 4.69) is 38.8 Å². The number of hydrogen-bond donors (Lipinski definition) is 2. The van der Waals surface area contributed by atoms with Crippen molar-refractivity contribution in [3.05, 3.63) is 30.3 Å². The number of rotatable bonds is 10. The fourth-order valence-electron chi connectivity index (χ4n) is 4.88. The van der Waals surface area contributed by atoms with Crippen LogP contribution in [0.5, 0.6) is 5.88 Å². The van der Waals surface area contributed by atoms with E-state index in [1.54, 1.807) is 19.2 Å². The van der Waals surface area contributed by atoms with Crippen LogP contribution < -0.4 is 15.4 Å². The van der Waals surface area contributed by atoms with Crippen molar-refractivity contribution in [1.82, 2.24) is 20.5 Å². The van der Waals surface area contributed by atoms with E-state index in [1.807, 2.05) is 0 Å². The van der Waals surface area contributed by atoms with Crippen molar-refractivity contribution in [3.63, 3.8) is 0 Å². The lowest BCUT2D eigenvalue weighted by molar-refractivity contribution is 0.0181. The number of nitriles is 1. The third-order valence-electron chi connectivity index (χ3n) is 7.00. The van der Waals surface area contributed by atoms with Crippen LogP contribution in [-0.2, 0) is 9.47 Å². The van der Waals surface area contributed by atoms with Crippen molar-refractivity contribution < 1.29 is 18.6 Å². The summed E-state index contributed by atoms with van der Waals surface area (Å²) in [4.78, 5) is 4.26. The number of aromatic nitrogens is 3. The second-order valence-corrected chi connectivity index (χ2v) is 9.84. The second-order valence-electron chi connectivity index (χ2n) is 9.84. The molecule has 1 saturated heterocycles. The first-order chi connectivity index (χ1) is 17.5. The minimum Gasteiger partial charge on any atom is -0.475 e. The maximum atomic E-state index is 14.7. The number of hydrogen-bond acceptors (Lipinski definition) is 9. The number of ether oxygens (including phenoxy) is 3. The molecule has 2 aromatic rings. The largest absolute Gasteiger partial charge is 0.475 e. The Morgan fingerprint density at radius 2 is 1.94 bits per heavy atom. The molecule has 3 heterocycles. The zero-order chi connectivity index (χ0) is 25.4. The molecule has 2 aromatic heterocycles. The minimum absolute atomic E-state index is 0.193. The summed E-state index contributed by atoms with van der Waals surface area (Å²) in [5, 5.41) is 24.7. The van der Waals surface area contributed by atoms with E-state index in [0.29, 0.717) is 61.7 Å². The zero-order valence-corrected chi connectivity index (χ0v) is 21.0. The van der Waals surface area contributed by atoms with Gasteiger partial charge in [-0.15, -0.1) is 5.10 Å². The summed E-state index contributed by atoms with van der Waals surface area (Å²) in [5.41, 5.74) is 0.309. The Morgan fingerprint density at radius 1 is 1.19 bits per heavy atom. The van der Waals surface area contributed by atoms with Crippen molar-refractivity contribution in [3.8, 4) is 23.1 Å². The molecule has 0 amide bonds. The highest BCUT2D eigenvalue weighted by Crippen LogP contribution is 2.32. The fourth-order valence-corrected chi connectivity index (χ4v) is 4.88. The van der Waals surface area contributed by atoms with Crippen molar-refractivity contribution in [2.24, 2.45) is 5.41 Å². The first-order valence-corrected chi connectivity index (χ1v) is 12.6. The molecule has 0 aromatic carbocycles. The lowest BCUT2D eigenvalue weighted by Gasteiger charge is -2.31. The molecular formula is C26H35FN6O3. The standard InChI is InChI=1S/C26H35FN6O3/c1-18(15-34-2)31-20-3-5-21(6-4-20)32-24-12-22(23(27)14-29-24)19-11-25(33-30-13-19)36-17-26(16-28)7-9-35-10-8-26/h11-14,18,20-21,31H,3-10,15,17H2,1-2H3,(H,29,32)/t18-,20?,21?/m0/s1. The first-order valence-electron chi connectivity index (χ1n) is 12.6. The van der Waals surface area contributed by atoms with Gasteiger partial charge in [0, 0.05) is 55.6 Å². The first kappa shape index (κ1) is 26.2. The van der Waals surface area contributed by atoms with Gasteiger partial charge in [-0.1, -0.05) is 0 Å². The highest BCUT2D eigenvalue weighted by atomic mass is 19.1. The molecule has 194 valence electrons. The van der Waals surface area contributed by atoms with Gasteiger partial charge in [-0.05, 0) is 51.5 Å². The van der Waals surface area contributed by atoms with Gasteiger partial charge in [-0.3, -0.25) is 0 Å². The highest BCUT2D eigenvalue weighted by molar-refractivity contribution is 5.67. The van der Waals surface area contributed by atoms with Crippen LogP contribution in [0.3, 0.4) is 0 Å². The van der Waals surface area contributed by atoms with Crippen molar-refractivity contribution in [2.45, 2.75) is 63.6 Å². The number of halogens is 1. The van der Waals surface area contributed by atoms with Gasteiger partial charge in [-0.2, -0.15) is 10.4 Å². The molecule has 36 heavy (non-hydrogen) atoms.